The average molecular weight is 244 g/mol. The molecule has 0 saturated carbocycles. The Hall–Kier alpha value is -0.0800. The van der Waals surface area contributed by atoms with E-state index in [1.54, 1.807) is 0 Å². The van der Waals surface area contributed by atoms with E-state index in [0.29, 0.717) is 5.41 Å². The molecule has 0 aromatic carbocycles. The molecule has 2 nitrogen and oxygen atoms in total. The number of hydrogen-bond donors (Lipinski definition) is 2. The van der Waals surface area contributed by atoms with Crippen molar-refractivity contribution in [1.29, 1.82) is 0 Å². The van der Waals surface area contributed by atoms with Crippen LogP contribution in [0, 0.1) is 17.3 Å². The van der Waals surface area contributed by atoms with Crippen molar-refractivity contribution in [3.63, 3.8) is 0 Å². The molecular weight excluding hydrogens is 208 g/mol. The van der Waals surface area contributed by atoms with Crippen molar-refractivity contribution in [2.75, 3.05) is 26.2 Å². The lowest BCUT2D eigenvalue weighted by Crippen LogP contribution is -2.49. The number of rotatable bonds is 1. The summed E-state index contributed by atoms with van der Waals surface area (Å²) in [5.41, 5.74) is 0.611. The third kappa shape index (κ3) is 9.61. The molecule has 0 radical (unpaired) electrons. The van der Waals surface area contributed by atoms with Gasteiger partial charge in [-0.15, -0.1) is 0 Å². The van der Waals surface area contributed by atoms with Gasteiger partial charge in [-0.25, -0.2) is 0 Å². The van der Waals surface area contributed by atoms with Crippen molar-refractivity contribution in [3.05, 3.63) is 0 Å². The summed E-state index contributed by atoms with van der Waals surface area (Å²) in [7, 11) is 0. The fourth-order valence-corrected chi connectivity index (χ4v) is 1.41. The van der Waals surface area contributed by atoms with Crippen molar-refractivity contribution in [1.82, 2.24) is 10.6 Å². The van der Waals surface area contributed by atoms with E-state index in [2.05, 4.69) is 38.3 Å². The van der Waals surface area contributed by atoms with Crippen molar-refractivity contribution in [2.45, 2.75) is 55.4 Å². The van der Waals surface area contributed by atoms with Crippen molar-refractivity contribution in [3.8, 4) is 0 Å². The lowest BCUT2D eigenvalue weighted by atomic mass is 9.87. The van der Waals surface area contributed by atoms with Gasteiger partial charge in [-0.1, -0.05) is 55.4 Å². The first-order valence-electron chi connectivity index (χ1n) is 7.43. The molecule has 0 bridgehead atoms. The highest BCUT2D eigenvalue weighted by atomic mass is 15.0. The van der Waals surface area contributed by atoms with E-state index in [1.165, 1.54) is 26.2 Å². The second-order valence-electron chi connectivity index (χ2n) is 5.43. The van der Waals surface area contributed by atoms with E-state index in [9.17, 15) is 0 Å². The van der Waals surface area contributed by atoms with Gasteiger partial charge in [0.15, 0.2) is 0 Å². The van der Waals surface area contributed by atoms with Crippen LogP contribution >= 0.6 is 0 Å². The van der Waals surface area contributed by atoms with E-state index in [-0.39, 0.29) is 0 Å². The van der Waals surface area contributed by atoms with Gasteiger partial charge in [-0.2, -0.15) is 0 Å². The summed E-state index contributed by atoms with van der Waals surface area (Å²) < 4.78 is 0. The molecule has 0 aromatic rings. The summed E-state index contributed by atoms with van der Waals surface area (Å²) in [4.78, 5) is 0. The third-order valence-electron chi connectivity index (χ3n) is 2.96. The minimum absolute atomic E-state index is 0.611. The lowest BCUT2D eigenvalue weighted by Gasteiger charge is -2.35. The maximum absolute atomic E-state index is 3.24. The summed E-state index contributed by atoms with van der Waals surface area (Å²) in [5, 5.41) is 6.44. The van der Waals surface area contributed by atoms with Gasteiger partial charge in [0.25, 0.3) is 0 Å². The summed E-state index contributed by atoms with van der Waals surface area (Å²) >= 11 is 0. The molecule has 0 atom stereocenters. The fraction of sp³-hybridized carbons (Fsp3) is 1.00. The Kier molecular flexibility index (Phi) is 12.5. The predicted molar refractivity (Wildman–Crippen MR) is 80.5 cm³/mol. The lowest BCUT2D eigenvalue weighted by molar-refractivity contribution is 0.226. The summed E-state index contributed by atoms with van der Waals surface area (Å²) in [6, 6.07) is 0. The molecule has 0 amide bonds. The van der Waals surface area contributed by atoms with Crippen LogP contribution in [0.3, 0.4) is 0 Å². The molecule has 2 N–H and O–H groups in total. The first-order chi connectivity index (χ1) is 8.01. The van der Waals surface area contributed by atoms with Crippen LogP contribution in [0.25, 0.3) is 0 Å². The van der Waals surface area contributed by atoms with E-state index in [0.717, 1.165) is 11.8 Å². The highest BCUT2D eigenvalue weighted by Crippen LogP contribution is 2.18. The highest BCUT2D eigenvalue weighted by Gasteiger charge is 2.24. The molecule has 17 heavy (non-hydrogen) atoms. The zero-order valence-corrected chi connectivity index (χ0v) is 13.5. The monoisotopic (exact) mass is 244 g/mol. The van der Waals surface area contributed by atoms with Gasteiger partial charge < -0.3 is 10.6 Å². The molecule has 0 aromatic heterocycles. The maximum Gasteiger partial charge on any atom is 0.00149 e. The molecule has 2 aliphatic rings. The Morgan fingerprint density at radius 3 is 1.24 bits per heavy atom. The summed E-state index contributed by atoms with van der Waals surface area (Å²) in [5.74, 6) is 1.86. The van der Waals surface area contributed by atoms with Crippen LogP contribution < -0.4 is 10.6 Å². The largest absolute Gasteiger partial charge is 0.316 e. The zero-order chi connectivity index (χ0) is 13.9. The first kappa shape index (κ1) is 19.3. The van der Waals surface area contributed by atoms with Gasteiger partial charge in [0.1, 0.15) is 0 Å². The smallest absolute Gasteiger partial charge is 0.00149 e. The second-order valence-corrected chi connectivity index (χ2v) is 5.43. The number of hydrogen-bond acceptors (Lipinski definition) is 2. The van der Waals surface area contributed by atoms with Crippen LogP contribution in [-0.2, 0) is 0 Å². The van der Waals surface area contributed by atoms with Gasteiger partial charge in [0.2, 0.25) is 0 Å². The summed E-state index contributed by atoms with van der Waals surface area (Å²) in [6.07, 6.45) is 0. The quantitative estimate of drug-likeness (QED) is 0.737. The molecule has 0 unspecified atom stereocenters. The highest BCUT2D eigenvalue weighted by molar-refractivity contribution is 4.82. The molecule has 2 heterocycles. The second kappa shape index (κ2) is 11.0. The van der Waals surface area contributed by atoms with Gasteiger partial charge >= 0.3 is 0 Å². The number of nitrogens with one attached hydrogen (secondary N) is 2. The van der Waals surface area contributed by atoms with Crippen molar-refractivity contribution >= 4 is 0 Å². The van der Waals surface area contributed by atoms with E-state index in [1.807, 2.05) is 27.7 Å². The van der Waals surface area contributed by atoms with Crippen LogP contribution in [0.15, 0.2) is 0 Å². The molecule has 2 heteroatoms. The normalized spacial score (nSPS) is 20.3. The average Bonchev–Trinajstić information content (AvgIpc) is 2.19. The molecule has 2 rings (SSSR count). The molecule has 2 fully saturated rings. The SMILES string of the molecule is CC.CC.CC(C)C1CNC1.CC1(C)CNC1. The minimum atomic E-state index is 0.611. The van der Waals surface area contributed by atoms with Gasteiger partial charge in [0, 0.05) is 13.1 Å². The molecule has 2 saturated heterocycles. The minimum Gasteiger partial charge on any atom is -0.316 e. The maximum atomic E-state index is 3.24. The van der Waals surface area contributed by atoms with Gasteiger partial charge in [-0.05, 0) is 30.3 Å². The zero-order valence-electron chi connectivity index (χ0n) is 13.5. The van der Waals surface area contributed by atoms with E-state index < -0.39 is 0 Å². The molecular formula is C15H36N2. The van der Waals surface area contributed by atoms with Crippen LogP contribution in [0.1, 0.15) is 55.4 Å². The predicted octanol–water partition coefficient (Wildman–Crippen LogP) is 3.53. The van der Waals surface area contributed by atoms with E-state index in [4.69, 9.17) is 0 Å². The topological polar surface area (TPSA) is 24.1 Å². The van der Waals surface area contributed by atoms with E-state index >= 15 is 0 Å². The Bertz CT molecular complexity index is 143. The van der Waals surface area contributed by atoms with Crippen LogP contribution in [0.2, 0.25) is 0 Å². The fourth-order valence-electron chi connectivity index (χ4n) is 1.41. The standard InChI is InChI=1S/C6H13N.C5H11N.2C2H6/c1-5(2)6-3-7-4-6;1-5(2)3-6-4-5;2*1-2/h5-7H,3-4H2,1-2H3;6H,3-4H2,1-2H3;2*1-2H3. The third-order valence-corrected chi connectivity index (χ3v) is 2.96. The van der Waals surface area contributed by atoms with Gasteiger partial charge in [0.05, 0.1) is 0 Å². The Labute approximate surface area is 110 Å². The Morgan fingerprint density at radius 2 is 1.24 bits per heavy atom. The van der Waals surface area contributed by atoms with Crippen LogP contribution in [0.5, 0.6) is 0 Å². The molecule has 0 aliphatic carbocycles. The van der Waals surface area contributed by atoms with Gasteiger partial charge in [-0.3, -0.25) is 0 Å². The van der Waals surface area contributed by atoms with Crippen LogP contribution in [-0.4, -0.2) is 26.2 Å². The Balaban J connectivity index is 0. The van der Waals surface area contributed by atoms with Crippen LogP contribution in [0.4, 0.5) is 0 Å². The molecule has 0 spiro atoms. The first-order valence-corrected chi connectivity index (χ1v) is 7.43. The Morgan fingerprint density at radius 1 is 0.882 bits per heavy atom. The summed E-state index contributed by atoms with van der Waals surface area (Å²) in [6.45, 7) is 22.0. The van der Waals surface area contributed by atoms with Crippen molar-refractivity contribution in [2.24, 2.45) is 17.3 Å². The molecule has 106 valence electrons. The molecule has 2 aliphatic heterocycles. The van der Waals surface area contributed by atoms with Crippen molar-refractivity contribution < 1.29 is 0 Å².